The maximum absolute atomic E-state index is 13.1. The number of hydrogen-bond acceptors (Lipinski definition) is 4. The zero-order chi connectivity index (χ0) is 25.9. The maximum Gasteiger partial charge on any atom is 0.338 e. The molecule has 3 aromatic rings. The molecule has 0 bridgehead atoms. The Kier molecular flexibility index (Phi) is 7.18. The second-order valence-corrected chi connectivity index (χ2v) is 10.5. The third-order valence-corrected chi connectivity index (χ3v) is 7.96. The normalized spacial score (nSPS) is 23.7. The molecule has 5 atom stereocenters. The van der Waals surface area contributed by atoms with Crippen LogP contribution in [0.1, 0.15) is 53.6 Å². The number of allylic oxidation sites excluding steroid dienone is 1. The Hall–Kier alpha value is -3.79. The van der Waals surface area contributed by atoms with E-state index in [2.05, 4.69) is 0 Å². The summed E-state index contributed by atoms with van der Waals surface area (Å²) in [6.07, 6.45) is 4.86. The van der Waals surface area contributed by atoms with Gasteiger partial charge < -0.3 is 4.74 Å². The van der Waals surface area contributed by atoms with E-state index >= 15 is 0 Å². The highest BCUT2D eigenvalue weighted by atomic mass is 16.5. The lowest BCUT2D eigenvalue weighted by Crippen LogP contribution is -2.25. The molecule has 2 fully saturated rings. The van der Waals surface area contributed by atoms with Crippen molar-refractivity contribution in [3.63, 3.8) is 0 Å². The summed E-state index contributed by atoms with van der Waals surface area (Å²) in [7, 11) is 0. The highest BCUT2D eigenvalue weighted by Crippen LogP contribution is 2.48. The molecule has 0 aromatic heterocycles. The summed E-state index contributed by atoms with van der Waals surface area (Å²) in [5, 5.41) is 0. The van der Waals surface area contributed by atoms with Crippen LogP contribution in [0.5, 0.6) is 0 Å². The lowest BCUT2D eigenvalue weighted by molar-refractivity contribution is -0.118. The summed E-state index contributed by atoms with van der Waals surface area (Å²) in [6.45, 7) is 3.93. The fraction of sp³-hybridized carbons (Fsp3) is 0.303. The van der Waals surface area contributed by atoms with Crippen LogP contribution in [0.2, 0.25) is 0 Å². The Bertz CT molecular complexity index is 1320. The van der Waals surface area contributed by atoms with Gasteiger partial charge in [0.2, 0.25) is 0 Å². The topological polar surface area (TPSA) is 60.4 Å². The fourth-order valence-electron chi connectivity index (χ4n) is 5.88. The lowest BCUT2D eigenvalue weighted by atomic mass is 9.89. The number of carbonyl (C=O) groups is 3. The summed E-state index contributed by atoms with van der Waals surface area (Å²) >= 11 is 0. The molecule has 4 heteroatoms. The molecule has 5 rings (SSSR count). The molecule has 2 saturated carbocycles. The molecule has 0 spiro atoms. The summed E-state index contributed by atoms with van der Waals surface area (Å²) in [4.78, 5) is 38.2. The number of carbonyl (C=O) groups excluding carboxylic acids is 3. The van der Waals surface area contributed by atoms with Crippen molar-refractivity contribution >= 4 is 17.5 Å². The molecule has 37 heavy (non-hydrogen) atoms. The highest BCUT2D eigenvalue weighted by molar-refractivity contribution is 5.95. The van der Waals surface area contributed by atoms with Crippen LogP contribution in [-0.2, 0) is 14.3 Å². The first kappa shape index (κ1) is 24.9. The minimum atomic E-state index is -0.367. The zero-order valence-electron chi connectivity index (χ0n) is 21.3. The van der Waals surface area contributed by atoms with Crippen molar-refractivity contribution in [2.75, 3.05) is 0 Å². The van der Waals surface area contributed by atoms with Crippen LogP contribution in [-0.4, -0.2) is 23.6 Å². The van der Waals surface area contributed by atoms with E-state index in [9.17, 15) is 14.4 Å². The molecule has 2 aliphatic rings. The highest BCUT2D eigenvalue weighted by Gasteiger charge is 2.48. The van der Waals surface area contributed by atoms with Gasteiger partial charge in [-0.25, -0.2) is 4.79 Å². The van der Waals surface area contributed by atoms with E-state index in [4.69, 9.17) is 4.74 Å². The van der Waals surface area contributed by atoms with E-state index in [1.165, 1.54) is 0 Å². The molecular formula is C33H32O4. The molecule has 0 radical (unpaired) electrons. The third kappa shape index (κ3) is 5.48. The van der Waals surface area contributed by atoms with Crippen LogP contribution in [0.15, 0.2) is 91.0 Å². The van der Waals surface area contributed by atoms with E-state index in [0.29, 0.717) is 24.8 Å². The van der Waals surface area contributed by atoms with Gasteiger partial charge in [0.1, 0.15) is 11.9 Å². The van der Waals surface area contributed by atoms with Crippen molar-refractivity contribution in [1.29, 1.82) is 0 Å². The van der Waals surface area contributed by atoms with Crippen molar-refractivity contribution in [2.24, 2.45) is 17.8 Å². The number of ether oxygens (including phenoxy) is 1. The quantitative estimate of drug-likeness (QED) is 0.271. The molecule has 3 aromatic carbocycles. The average molecular weight is 493 g/mol. The largest absolute Gasteiger partial charge is 0.458 e. The number of Topliss-reactive ketones (excluding diaryl/α,β-unsaturated/α-hetero) is 1. The van der Waals surface area contributed by atoms with Crippen molar-refractivity contribution in [1.82, 2.24) is 0 Å². The Balaban J connectivity index is 1.30. The molecule has 0 N–H and O–H groups in total. The fourth-order valence-corrected chi connectivity index (χ4v) is 5.88. The molecule has 2 aliphatic carbocycles. The standard InChI is InChI=1S/C33H32O4/c1-21-7-6-10-26(17-21)22(2)31(35)16-15-29-30-20-28(34)18-27(30)19-32(29)37-33(36)25-13-11-24(12-14-25)23-8-4-3-5-9-23/h3-17,22,27,29-30,32H,18-20H2,1-2H3/b16-15+/t22?,27-,29+,30-,32+/m0/s1. The number of aryl methyl sites for hydroxylation is 1. The first-order chi connectivity index (χ1) is 17.9. The summed E-state index contributed by atoms with van der Waals surface area (Å²) < 4.78 is 6.01. The van der Waals surface area contributed by atoms with E-state index in [0.717, 1.165) is 22.3 Å². The van der Waals surface area contributed by atoms with Crippen LogP contribution < -0.4 is 0 Å². The SMILES string of the molecule is Cc1cccc(C(C)C(=O)/C=C/[C@@H]2[C@H]3CC(=O)C[C@H]3C[C@H]2OC(=O)c2ccc(-c3ccccc3)cc2)c1. The second-order valence-electron chi connectivity index (χ2n) is 10.5. The van der Waals surface area contributed by atoms with Gasteiger partial charge in [0.15, 0.2) is 5.78 Å². The Morgan fingerprint density at radius 1 is 0.919 bits per heavy atom. The molecule has 0 saturated heterocycles. The monoisotopic (exact) mass is 492 g/mol. The van der Waals surface area contributed by atoms with Crippen LogP contribution in [0, 0.1) is 24.7 Å². The molecule has 1 unspecified atom stereocenters. The van der Waals surface area contributed by atoms with Crippen molar-refractivity contribution < 1.29 is 19.1 Å². The Labute approximate surface area is 218 Å². The number of fused-ring (bicyclic) bond motifs is 1. The number of ketones is 2. The molecule has 0 amide bonds. The predicted octanol–water partition coefficient (Wildman–Crippen LogP) is 6.73. The first-order valence-electron chi connectivity index (χ1n) is 13.1. The molecule has 188 valence electrons. The maximum atomic E-state index is 13.1. The van der Waals surface area contributed by atoms with Crippen molar-refractivity contribution in [3.8, 4) is 11.1 Å². The number of benzene rings is 3. The van der Waals surface area contributed by atoms with Crippen LogP contribution in [0.3, 0.4) is 0 Å². The van der Waals surface area contributed by atoms with Gasteiger partial charge in [-0.05, 0) is 60.1 Å². The zero-order valence-corrected chi connectivity index (χ0v) is 21.3. The molecule has 0 aliphatic heterocycles. The minimum absolute atomic E-state index is 0.0138. The number of rotatable bonds is 7. The lowest BCUT2D eigenvalue weighted by Gasteiger charge is -2.21. The van der Waals surface area contributed by atoms with Gasteiger partial charge >= 0.3 is 5.97 Å². The molecule has 4 nitrogen and oxygen atoms in total. The minimum Gasteiger partial charge on any atom is -0.458 e. The predicted molar refractivity (Wildman–Crippen MR) is 144 cm³/mol. The number of esters is 1. The van der Waals surface area contributed by atoms with Crippen LogP contribution >= 0.6 is 0 Å². The van der Waals surface area contributed by atoms with Crippen molar-refractivity contribution in [2.45, 2.75) is 45.1 Å². The van der Waals surface area contributed by atoms with Crippen LogP contribution in [0.4, 0.5) is 0 Å². The van der Waals surface area contributed by atoms with E-state index in [1.54, 1.807) is 18.2 Å². The molecule has 0 heterocycles. The van der Waals surface area contributed by atoms with Gasteiger partial charge in [-0.15, -0.1) is 0 Å². The number of hydrogen-bond donors (Lipinski definition) is 0. The average Bonchev–Trinajstić information content (AvgIpc) is 3.42. The van der Waals surface area contributed by atoms with Gasteiger partial charge in [0.25, 0.3) is 0 Å². The van der Waals surface area contributed by atoms with E-state index < -0.39 is 0 Å². The van der Waals surface area contributed by atoms with Crippen LogP contribution in [0.25, 0.3) is 11.1 Å². The van der Waals surface area contributed by atoms with E-state index in [1.807, 2.05) is 86.7 Å². The van der Waals surface area contributed by atoms with Gasteiger partial charge in [0.05, 0.1) is 5.56 Å². The van der Waals surface area contributed by atoms with Gasteiger partial charge in [-0.3, -0.25) is 9.59 Å². The summed E-state index contributed by atoms with van der Waals surface area (Å²) in [5.41, 5.74) is 4.73. The van der Waals surface area contributed by atoms with Gasteiger partial charge in [0, 0.05) is 24.7 Å². The van der Waals surface area contributed by atoms with Gasteiger partial charge in [-0.2, -0.15) is 0 Å². The summed E-state index contributed by atoms with van der Waals surface area (Å²) in [6, 6.07) is 25.4. The smallest absolute Gasteiger partial charge is 0.338 e. The second kappa shape index (κ2) is 10.7. The summed E-state index contributed by atoms with van der Waals surface area (Å²) in [5.74, 6) is -0.183. The Morgan fingerprint density at radius 3 is 2.38 bits per heavy atom. The molecular weight excluding hydrogens is 460 g/mol. The van der Waals surface area contributed by atoms with Gasteiger partial charge in [-0.1, -0.05) is 85.3 Å². The first-order valence-corrected chi connectivity index (χ1v) is 13.1. The van der Waals surface area contributed by atoms with Crippen molar-refractivity contribution in [3.05, 3.63) is 108 Å². The van der Waals surface area contributed by atoms with E-state index in [-0.39, 0.29) is 47.3 Å². The Morgan fingerprint density at radius 2 is 1.65 bits per heavy atom. The third-order valence-electron chi connectivity index (χ3n) is 7.96.